The Morgan fingerprint density at radius 2 is 1.41 bits per heavy atom. The highest BCUT2D eigenvalue weighted by Crippen LogP contribution is 2.53. The van der Waals surface area contributed by atoms with Crippen LogP contribution in [0.2, 0.25) is 0 Å². The Morgan fingerprint density at radius 1 is 0.897 bits per heavy atom. The van der Waals surface area contributed by atoms with Gasteiger partial charge in [-0.15, -0.1) is 13.2 Å². The number of ether oxygens (including phenoxy) is 1. The third-order valence-corrected chi connectivity index (χ3v) is 4.50. The summed E-state index contributed by atoms with van der Waals surface area (Å²) >= 11 is 0. The van der Waals surface area contributed by atoms with Crippen molar-refractivity contribution in [3.8, 4) is 16.9 Å². The Balaban J connectivity index is 0.000000396. The highest BCUT2D eigenvalue weighted by atomic mass is 31.3. The summed E-state index contributed by atoms with van der Waals surface area (Å²) < 4.78 is 63.7. The van der Waals surface area contributed by atoms with Crippen LogP contribution in [-0.2, 0) is 13.4 Å². The van der Waals surface area contributed by atoms with Crippen LogP contribution in [0.3, 0.4) is 0 Å². The maximum atomic E-state index is 12.5. The highest BCUT2D eigenvalue weighted by Gasteiger charge is 2.34. The summed E-state index contributed by atoms with van der Waals surface area (Å²) in [5.74, 6) is -1.57. The minimum atomic E-state index is -5.05. The van der Waals surface area contributed by atoms with Gasteiger partial charge in [-0.1, -0.05) is 42.5 Å². The summed E-state index contributed by atoms with van der Waals surface area (Å²) in [4.78, 5) is 42.3. The molecule has 2 rings (SSSR count). The number of phosphoric acid groups is 2. The minimum absolute atomic E-state index is 0.152. The van der Waals surface area contributed by atoms with Crippen molar-refractivity contribution in [3.05, 3.63) is 54.1 Å². The third kappa shape index (κ3) is 9.68. The van der Waals surface area contributed by atoms with Gasteiger partial charge in [-0.2, -0.15) is 4.31 Å². The fourth-order valence-corrected chi connectivity index (χ4v) is 3.05. The zero-order valence-corrected chi connectivity index (χ0v) is 15.8. The molecule has 2 aromatic rings. The molecule has 0 heterocycles. The maximum Gasteiger partial charge on any atom is 0.573 e. The van der Waals surface area contributed by atoms with E-state index in [4.69, 9.17) is 25.3 Å². The largest absolute Gasteiger partial charge is 0.573 e. The van der Waals surface area contributed by atoms with Crippen LogP contribution in [0.25, 0.3) is 11.1 Å². The first-order chi connectivity index (χ1) is 13.1. The van der Waals surface area contributed by atoms with E-state index in [-0.39, 0.29) is 11.1 Å². The normalized spacial score (nSPS) is 12.0. The number of alkyl halides is 3. The molecule has 0 saturated heterocycles. The molecule has 1 amide bonds. The first-order valence-electron chi connectivity index (χ1n) is 7.15. The molecule has 0 fully saturated rings. The van der Waals surface area contributed by atoms with Crippen LogP contribution >= 0.6 is 15.6 Å². The quantitative estimate of drug-likeness (QED) is 0.421. The Morgan fingerprint density at radius 3 is 1.79 bits per heavy atom. The van der Waals surface area contributed by atoms with Gasteiger partial charge in [0.05, 0.1) is 5.56 Å². The minimum Gasteiger partial charge on any atom is -0.404 e. The SMILES string of the molecule is NC(=O)c1cccc(-c2ccccc2)c1OC(F)(F)F.O=P(O)(O)OP(=O)(O)O. The number of primary amides is 1. The van der Waals surface area contributed by atoms with E-state index >= 15 is 0 Å². The predicted octanol–water partition coefficient (Wildman–Crippen LogP) is 2.54. The summed E-state index contributed by atoms with van der Waals surface area (Å²) in [6, 6.07) is 12.4. The number of carbonyl (C=O) groups is 1. The molecule has 160 valence electrons. The molecule has 0 aliphatic heterocycles. The summed E-state index contributed by atoms with van der Waals surface area (Å²) in [6.07, 6.45) is -4.91. The number of halogens is 3. The van der Waals surface area contributed by atoms with Gasteiger partial charge < -0.3 is 30.0 Å². The molecular formula is C14H14F3NO9P2. The lowest BCUT2D eigenvalue weighted by Gasteiger charge is -2.16. The van der Waals surface area contributed by atoms with Gasteiger partial charge in [0.2, 0.25) is 0 Å². The molecule has 10 nitrogen and oxygen atoms in total. The van der Waals surface area contributed by atoms with E-state index in [0.717, 1.165) is 0 Å². The monoisotopic (exact) mass is 459 g/mol. The average molecular weight is 459 g/mol. The molecule has 0 radical (unpaired) electrons. The van der Waals surface area contributed by atoms with Crippen LogP contribution in [0.4, 0.5) is 13.2 Å². The van der Waals surface area contributed by atoms with E-state index in [1.807, 2.05) is 0 Å². The summed E-state index contributed by atoms with van der Waals surface area (Å²) in [6.45, 7) is 0. The standard InChI is InChI=1S/C14H10F3NO2.H4O7P2/c15-14(16,17)20-12-10(9-5-2-1-3-6-9)7-4-8-11(12)13(18)19;1-8(2,3)7-9(4,5)6/h1-8H,(H2,18,19);(H2,1,2,3)(H2,4,5,6). The van der Waals surface area contributed by atoms with Crippen LogP contribution in [0, 0.1) is 0 Å². The van der Waals surface area contributed by atoms with Gasteiger partial charge in [0, 0.05) is 5.56 Å². The van der Waals surface area contributed by atoms with Crippen LogP contribution in [-0.4, -0.2) is 31.8 Å². The van der Waals surface area contributed by atoms with Crippen molar-refractivity contribution < 1.29 is 55.7 Å². The summed E-state index contributed by atoms with van der Waals surface area (Å²) in [5.41, 5.74) is 5.43. The van der Waals surface area contributed by atoms with Gasteiger partial charge in [-0.3, -0.25) is 4.79 Å². The lowest BCUT2D eigenvalue weighted by molar-refractivity contribution is -0.274. The molecule has 6 N–H and O–H groups in total. The molecule has 0 aliphatic rings. The fourth-order valence-electron chi connectivity index (χ4n) is 1.94. The molecule has 2 aromatic carbocycles. The summed E-state index contributed by atoms with van der Waals surface area (Å²) in [5, 5.41) is 0. The Bertz CT molecular complexity index is 921. The smallest absolute Gasteiger partial charge is 0.404 e. The molecule has 0 atom stereocenters. The van der Waals surface area contributed by atoms with E-state index in [0.29, 0.717) is 5.56 Å². The van der Waals surface area contributed by atoms with Crippen molar-refractivity contribution in [3.63, 3.8) is 0 Å². The number of nitrogens with two attached hydrogens (primary N) is 1. The number of benzene rings is 2. The van der Waals surface area contributed by atoms with Gasteiger partial charge in [-0.25, -0.2) is 9.13 Å². The molecule has 0 spiro atoms. The number of carbonyl (C=O) groups excluding carboxylic acids is 1. The van der Waals surface area contributed by atoms with Crippen LogP contribution < -0.4 is 10.5 Å². The Labute approximate surface area is 161 Å². The van der Waals surface area contributed by atoms with E-state index in [2.05, 4.69) is 9.05 Å². The molecule has 0 unspecified atom stereocenters. The molecule has 0 bridgehead atoms. The number of rotatable bonds is 5. The van der Waals surface area contributed by atoms with Crippen LogP contribution in [0.15, 0.2) is 48.5 Å². The third-order valence-electron chi connectivity index (χ3n) is 2.80. The van der Waals surface area contributed by atoms with Gasteiger partial charge >= 0.3 is 22.0 Å². The van der Waals surface area contributed by atoms with E-state index < -0.39 is 33.7 Å². The Kier molecular flexibility index (Phi) is 8.13. The van der Waals surface area contributed by atoms with Crippen molar-refractivity contribution in [1.82, 2.24) is 0 Å². The van der Waals surface area contributed by atoms with Crippen molar-refractivity contribution in [1.29, 1.82) is 0 Å². The second kappa shape index (κ2) is 9.51. The van der Waals surface area contributed by atoms with Crippen LogP contribution in [0.1, 0.15) is 10.4 Å². The molecule has 0 aliphatic carbocycles. The van der Waals surface area contributed by atoms with Crippen molar-refractivity contribution in [2.45, 2.75) is 6.36 Å². The molecule has 0 aromatic heterocycles. The summed E-state index contributed by atoms with van der Waals surface area (Å²) in [7, 11) is -10.1. The predicted molar refractivity (Wildman–Crippen MR) is 92.3 cm³/mol. The number of para-hydroxylation sites is 1. The topological polar surface area (TPSA) is 177 Å². The van der Waals surface area contributed by atoms with Gasteiger partial charge in [0.1, 0.15) is 5.75 Å². The van der Waals surface area contributed by atoms with Gasteiger partial charge in [0.15, 0.2) is 0 Å². The van der Waals surface area contributed by atoms with E-state index in [1.54, 1.807) is 30.3 Å². The van der Waals surface area contributed by atoms with Crippen molar-refractivity contribution >= 4 is 21.6 Å². The fraction of sp³-hybridized carbons (Fsp3) is 0.0714. The first kappa shape index (κ1) is 24.8. The lowest BCUT2D eigenvalue weighted by atomic mass is 10.0. The average Bonchev–Trinajstić information content (AvgIpc) is 2.51. The molecule has 29 heavy (non-hydrogen) atoms. The highest BCUT2D eigenvalue weighted by molar-refractivity contribution is 7.60. The number of amides is 1. The first-order valence-corrected chi connectivity index (χ1v) is 10.2. The second-order valence-electron chi connectivity index (χ2n) is 5.02. The maximum absolute atomic E-state index is 12.5. The van der Waals surface area contributed by atoms with E-state index in [1.165, 1.54) is 18.2 Å². The van der Waals surface area contributed by atoms with Crippen molar-refractivity contribution in [2.75, 3.05) is 0 Å². The van der Waals surface area contributed by atoms with E-state index in [9.17, 15) is 27.1 Å². The van der Waals surface area contributed by atoms with Crippen molar-refractivity contribution in [2.24, 2.45) is 5.73 Å². The van der Waals surface area contributed by atoms with Gasteiger partial charge in [0.25, 0.3) is 5.91 Å². The molecular weight excluding hydrogens is 445 g/mol. The number of hydrogen-bond donors (Lipinski definition) is 5. The number of hydrogen-bond acceptors (Lipinski definition) is 5. The van der Waals surface area contributed by atoms with Gasteiger partial charge in [-0.05, 0) is 11.6 Å². The lowest BCUT2D eigenvalue weighted by Crippen LogP contribution is -2.21. The second-order valence-corrected chi connectivity index (χ2v) is 7.64. The van der Waals surface area contributed by atoms with Crippen LogP contribution in [0.5, 0.6) is 5.75 Å². The Hall–Kier alpha value is -2.24. The zero-order valence-electron chi connectivity index (χ0n) is 14.1. The molecule has 0 saturated carbocycles. The molecule has 15 heteroatoms. The zero-order chi connectivity index (χ0) is 22.5.